The fourth-order valence-electron chi connectivity index (χ4n) is 1.94. The molecule has 2 rings (SSSR count). The molecule has 0 aliphatic rings. The summed E-state index contributed by atoms with van der Waals surface area (Å²) in [6.07, 6.45) is 3.47. The molecule has 1 heterocycles. The molecule has 0 saturated heterocycles. The number of aromatic nitrogens is 4. The molecule has 0 fully saturated rings. The second-order valence-corrected chi connectivity index (χ2v) is 4.43. The number of para-hydroxylation sites is 1. The van der Waals surface area contributed by atoms with E-state index in [1.165, 1.54) is 11.0 Å². The Morgan fingerprint density at radius 3 is 2.89 bits per heavy atom. The lowest BCUT2D eigenvalue weighted by Gasteiger charge is -2.14. The molecule has 0 saturated carbocycles. The van der Waals surface area contributed by atoms with E-state index in [4.69, 9.17) is 0 Å². The van der Waals surface area contributed by atoms with Gasteiger partial charge in [-0.3, -0.25) is 4.79 Å². The van der Waals surface area contributed by atoms with Crippen LogP contribution in [0.4, 0.5) is 0 Å². The number of carbonyl (C=O) groups excluding carboxylic acids is 1. The summed E-state index contributed by atoms with van der Waals surface area (Å²) in [6.45, 7) is 4.10. The van der Waals surface area contributed by atoms with Crippen molar-refractivity contribution in [3.05, 3.63) is 36.2 Å². The third-order valence-electron chi connectivity index (χ3n) is 2.84. The van der Waals surface area contributed by atoms with Crippen LogP contribution in [-0.2, 0) is 0 Å². The number of tetrazole rings is 1. The number of rotatable bonds is 5. The molecule has 1 atom stereocenters. The summed E-state index contributed by atoms with van der Waals surface area (Å²) in [4.78, 5) is 12.3. The number of benzene rings is 1. The second-order valence-electron chi connectivity index (χ2n) is 4.43. The first kappa shape index (κ1) is 13.2. The maximum Gasteiger partial charge on any atom is 0.253 e. The Labute approximate surface area is 111 Å². The van der Waals surface area contributed by atoms with Crippen molar-refractivity contribution in [3.8, 4) is 5.69 Å². The van der Waals surface area contributed by atoms with E-state index in [1.807, 2.05) is 25.1 Å². The predicted molar refractivity (Wildman–Crippen MR) is 71.0 cm³/mol. The van der Waals surface area contributed by atoms with E-state index >= 15 is 0 Å². The zero-order valence-electron chi connectivity index (χ0n) is 11.1. The molecular weight excluding hydrogens is 242 g/mol. The van der Waals surface area contributed by atoms with E-state index < -0.39 is 0 Å². The zero-order valence-corrected chi connectivity index (χ0v) is 11.1. The van der Waals surface area contributed by atoms with Crippen LogP contribution in [0.25, 0.3) is 5.69 Å². The number of hydrogen-bond acceptors (Lipinski definition) is 4. The highest BCUT2D eigenvalue weighted by atomic mass is 16.1. The molecule has 1 unspecified atom stereocenters. The Bertz CT molecular complexity index is 538. The van der Waals surface area contributed by atoms with Gasteiger partial charge in [-0.1, -0.05) is 25.5 Å². The minimum absolute atomic E-state index is 0.105. The van der Waals surface area contributed by atoms with Crippen molar-refractivity contribution in [2.75, 3.05) is 0 Å². The van der Waals surface area contributed by atoms with Crippen molar-refractivity contribution in [2.24, 2.45) is 0 Å². The van der Waals surface area contributed by atoms with Crippen molar-refractivity contribution in [2.45, 2.75) is 32.7 Å². The molecule has 6 heteroatoms. The van der Waals surface area contributed by atoms with Gasteiger partial charge in [0.05, 0.1) is 11.3 Å². The molecule has 0 aliphatic carbocycles. The summed E-state index contributed by atoms with van der Waals surface area (Å²) in [5, 5.41) is 14.0. The van der Waals surface area contributed by atoms with Crippen LogP contribution in [0.15, 0.2) is 30.6 Å². The number of hydrogen-bond donors (Lipinski definition) is 1. The van der Waals surface area contributed by atoms with Gasteiger partial charge in [0.15, 0.2) is 0 Å². The lowest BCUT2D eigenvalue weighted by atomic mass is 10.1. The molecule has 100 valence electrons. The Morgan fingerprint density at radius 1 is 1.42 bits per heavy atom. The van der Waals surface area contributed by atoms with Crippen LogP contribution in [-0.4, -0.2) is 32.2 Å². The van der Waals surface area contributed by atoms with Crippen molar-refractivity contribution < 1.29 is 4.79 Å². The van der Waals surface area contributed by atoms with Gasteiger partial charge < -0.3 is 5.32 Å². The second kappa shape index (κ2) is 6.08. The maximum atomic E-state index is 12.3. The van der Waals surface area contributed by atoms with Gasteiger partial charge >= 0.3 is 0 Å². The molecule has 1 aromatic carbocycles. The van der Waals surface area contributed by atoms with Gasteiger partial charge in [-0.25, -0.2) is 0 Å². The minimum Gasteiger partial charge on any atom is -0.350 e. The summed E-state index contributed by atoms with van der Waals surface area (Å²) in [5.41, 5.74) is 1.24. The van der Waals surface area contributed by atoms with E-state index in [1.54, 1.807) is 6.07 Å². The molecule has 6 nitrogen and oxygen atoms in total. The van der Waals surface area contributed by atoms with Crippen molar-refractivity contribution in [3.63, 3.8) is 0 Å². The molecule has 1 amide bonds. The normalized spacial score (nSPS) is 12.1. The Balaban J connectivity index is 2.23. The Morgan fingerprint density at radius 2 is 2.21 bits per heavy atom. The van der Waals surface area contributed by atoms with Gasteiger partial charge in [-0.05, 0) is 35.9 Å². The van der Waals surface area contributed by atoms with E-state index in [-0.39, 0.29) is 11.9 Å². The van der Waals surface area contributed by atoms with E-state index in [9.17, 15) is 4.79 Å². The van der Waals surface area contributed by atoms with Crippen LogP contribution < -0.4 is 5.32 Å². The highest BCUT2D eigenvalue weighted by Gasteiger charge is 2.14. The maximum absolute atomic E-state index is 12.3. The van der Waals surface area contributed by atoms with E-state index in [2.05, 4.69) is 27.8 Å². The molecule has 0 bridgehead atoms. The fraction of sp³-hybridized carbons (Fsp3) is 0.385. The van der Waals surface area contributed by atoms with E-state index in [0.29, 0.717) is 11.3 Å². The van der Waals surface area contributed by atoms with Crippen molar-refractivity contribution >= 4 is 5.91 Å². The summed E-state index contributed by atoms with van der Waals surface area (Å²) in [5.74, 6) is -0.105. The number of carbonyl (C=O) groups is 1. The van der Waals surface area contributed by atoms with Crippen molar-refractivity contribution in [1.82, 2.24) is 25.5 Å². The third kappa shape index (κ3) is 3.15. The first-order valence-electron chi connectivity index (χ1n) is 6.35. The molecule has 19 heavy (non-hydrogen) atoms. The van der Waals surface area contributed by atoms with Crippen LogP contribution in [0.3, 0.4) is 0 Å². The average molecular weight is 259 g/mol. The standard InChI is InChI=1S/C13H17N5O/c1-3-6-10(2)15-13(19)11-7-4-5-8-12(11)18-9-14-16-17-18/h4-5,7-10H,3,6H2,1-2H3,(H,15,19). The molecule has 2 aromatic rings. The van der Waals surface area contributed by atoms with Crippen LogP contribution in [0, 0.1) is 0 Å². The van der Waals surface area contributed by atoms with Gasteiger partial charge in [-0.15, -0.1) is 5.10 Å². The van der Waals surface area contributed by atoms with Crippen molar-refractivity contribution in [1.29, 1.82) is 0 Å². The van der Waals surface area contributed by atoms with Gasteiger partial charge in [0.1, 0.15) is 6.33 Å². The summed E-state index contributed by atoms with van der Waals surface area (Å²) < 4.78 is 1.49. The van der Waals surface area contributed by atoms with Crippen LogP contribution >= 0.6 is 0 Å². The lowest BCUT2D eigenvalue weighted by molar-refractivity contribution is 0.0938. The Kier molecular flexibility index (Phi) is 4.22. The summed E-state index contributed by atoms with van der Waals surface area (Å²) in [6, 6.07) is 7.41. The first-order chi connectivity index (χ1) is 9.22. The zero-order chi connectivity index (χ0) is 13.7. The SMILES string of the molecule is CCCC(C)NC(=O)c1ccccc1-n1cnnn1. The van der Waals surface area contributed by atoms with E-state index in [0.717, 1.165) is 12.8 Å². The molecule has 0 aliphatic heterocycles. The quantitative estimate of drug-likeness (QED) is 0.884. The molecule has 0 radical (unpaired) electrons. The minimum atomic E-state index is -0.105. The highest BCUT2D eigenvalue weighted by molar-refractivity contribution is 5.97. The highest BCUT2D eigenvalue weighted by Crippen LogP contribution is 2.13. The topological polar surface area (TPSA) is 72.7 Å². The van der Waals surface area contributed by atoms with Crippen LogP contribution in [0.1, 0.15) is 37.0 Å². The third-order valence-corrected chi connectivity index (χ3v) is 2.84. The van der Waals surface area contributed by atoms with Crippen LogP contribution in [0.5, 0.6) is 0 Å². The molecule has 1 N–H and O–H groups in total. The fourth-order valence-corrected chi connectivity index (χ4v) is 1.94. The number of amides is 1. The Hall–Kier alpha value is -2.24. The number of nitrogens with zero attached hydrogens (tertiary/aromatic N) is 4. The monoisotopic (exact) mass is 259 g/mol. The molecule has 0 spiro atoms. The average Bonchev–Trinajstić information content (AvgIpc) is 2.92. The van der Waals surface area contributed by atoms with Gasteiger partial charge in [-0.2, -0.15) is 4.68 Å². The molecular formula is C13H17N5O. The van der Waals surface area contributed by atoms with Gasteiger partial charge in [0, 0.05) is 6.04 Å². The predicted octanol–water partition coefficient (Wildman–Crippen LogP) is 1.58. The smallest absolute Gasteiger partial charge is 0.253 e. The number of nitrogens with one attached hydrogen (secondary N) is 1. The molecule has 1 aromatic heterocycles. The summed E-state index contributed by atoms with van der Waals surface area (Å²) >= 11 is 0. The van der Waals surface area contributed by atoms with Crippen LogP contribution in [0.2, 0.25) is 0 Å². The first-order valence-corrected chi connectivity index (χ1v) is 6.35. The summed E-state index contributed by atoms with van der Waals surface area (Å²) in [7, 11) is 0. The lowest BCUT2D eigenvalue weighted by Crippen LogP contribution is -2.33. The van der Waals surface area contributed by atoms with Gasteiger partial charge in [0.25, 0.3) is 5.91 Å². The largest absolute Gasteiger partial charge is 0.350 e. The van der Waals surface area contributed by atoms with Gasteiger partial charge in [0.2, 0.25) is 0 Å².